The van der Waals surface area contributed by atoms with E-state index < -0.39 is 0 Å². The zero-order chi connectivity index (χ0) is 17.6. The van der Waals surface area contributed by atoms with E-state index in [1.807, 2.05) is 4.90 Å². The quantitative estimate of drug-likeness (QED) is 0.776. The number of amides is 2. The Morgan fingerprint density at radius 3 is 2.60 bits per heavy atom. The van der Waals surface area contributed by atoms with Crippen molar-refractivity contribution in [1.29, 1.82) is 5.26 Å². The number of thioether (sulfide) groups is 1. The van der Waals surface area contributed by atoms with Gasteiger partial charge in [-0.2, -0.15) is 5.26 Å². The lowest BCUT2D eigenvalue weighted by Gasteiger charge is -2.34. The lowest BCUT2D eigenvalue weighted by molar-refractivity contribution is -0.141. The molecule has 0 unspecified atom stereocenters. The van der Waals surface area contributed by atoms with E-state index in [0.717, 1.165) is 25.7 Å². The molecule has 3 aliphatic rings. The minimum atomic E-state index is -0.291. The summed E-state index contributed by atoms with van der Waals surface area (Å²) in [5.74, 6) is 1.70. The summed E-state index contributed by atoms with van der Waals surface area (Å²) in [6.07, 6.45) is 3.60. The number of nitrogens with zero attached hydrogens (tertiary/aromatic N) is 3. The summed E-state index contributed by atoms with van der Waals surface area (Å²) in [7, 11) is 0. The number of hydrogen-bond acceptors (Lipinski definition) is 6. The van der Waals surface area contributed by atoms with E-state index in [9.17, 15) is 9.59 Å². The summed E-state index contributed by atoms with van der Waals surface area (Å²) in [4.78, 5) is 28.4. The molecule has 0 aromatic heterocycles. The molecule has 1 N–H and O–H groups in total. The van der Waals surface area contributed by atoms with Gasteiger partial charge in [-0.05, 0) is 25.7 Å². The number of morpholine rings is 1. The van der Waals surface area contributed by atoms with Crippen molar-refractivity contribution in [2.24, 2.45) is 5.92 Å². The van der Waals surface area contributed by atoms with E-state index in [1.54, 1.807) is 16.7 Å². The monoisotopic (exact) mass is 366 g/mol. The van der Waals surface area contributed by atoms with Gasteiger partial charge in [-0.25, -0.2) is 0 Å². The van der Waals surface area contributed by atoms with Crippen LogP contribution in [0.1, 0.15) is 25.7 Å². The van der Waals surface area contributed by atoms with Crippen LogP contribution in [-0.4, -0.2) is 78.2 Å². The van der Waals surface area contributed by atoms with Crippen LogP contribution in [0.4, 0.5) is 0 Å². The molecule has 1 aliphatic carbocycles. The molecule has 0 spiro atoms. The molecule has 7 nitrogen and oxygen atoms in total. The highest BCUT2D eigenvalue weighted by Crippen LogP contribution is 2.26. The van der Waals surface area contributed by atoms with Crippen LogP contribution in [0.25, 0.3) is 0 Å². The first-order valence-electron chi connectivity index (χ1n) is 9.06. The third kappa shape index (κ3) is 4.66. The van der Waals surface area contributed by atoms with Gasteiger partial charge in [-0.3, -0.25) is 9.59 Å². The molecule has 3 fully saturated rings. The highest BCUT2D eigenvalue weighted by atomic mass is 32.2. The van der Waals surface area contributed by atoms with Gasteiger partial charge in [0.25, 0.3) is 0 Å². The van der Waals surface area contributed by atoms with E-state index in [-0.39, 0.29) is 36.4 Å². The van der Waals surface area contributed by atoms with Gasteiger partial charge < -0.3 is 19.9 Å². The summed E-state index contributed by atoms with van der Waals surface area (Å²) in [6, 6.07) is 2.18. The van der Waals surface area contributed by atoms with Crippen molar-refractivity contribution in [3.63, 3.8) is 0 Å². The van der Waals surface area contributed by atoms with Crippen molar-refractivity contribution < 1.29 is 14.3 Å². The molecule has 0 bridgehead atoms. The molecule has 2 saturated heterocycles. The molecule has 0 aromatic carbocycles. The topological polar surface area (TPSA) is 85.7 Å². The van der Waals surface area contributed by atoms with E-state index >= 15 is 0 Å². The molecule has 1 saturated carbocycles. The molecule has 138 valence electrons. The van der Waals surface area contributed by atoms with Crippen molar-refractivity contribution in [3.8, 4) is 6.07 Å². The average molecular weight is 366 g/mol. The largest absolute Gasteiger partial charge is 0.378 e. The number of carbonyl (C=O) groups excluding carboxylic acids is 2. The lowest BCUT2D eigenvalue weighted by Crippen LogP contribution is -2.47. The standard InChI is InChI=1S/C17H26N4O3S/c18-9-15-11-25-12-21(15)16(22)10-19-14-3-1-13(2-4-14)17(23)20-5-7-24-8-6-20/h13-15,19H,1-8,10-12H2/t13?,14?,15-/m1/s1. The van der Waals surface area contributed by atoms with Crippen molar-refractivity contribution in [2.75, 3.05) is 44.5 Å². The molecule has 3 rings (SSSR count). The summed E-state index contributed by atoms with van der Waals surface area (Å²) in [5.41, 5.74) is 0. The number of nitrogens with one attached hydrogen (secondary N) is 1. The van der Waals surface area contributed by atoms with E-state index in [1.165, 1.54) is 0 Å². The molecule has 2 aliphatic heterocycles. The molecule has 8 heteroatoms. The van der Waals surface area contributed by atoms with Crippen LogP contribution in [0.5, 0.6) is 0 Å². The maximum absolute atomic E-state index is 12.5. The van der Waals surface area contributed by atoms with Crippen molar-refractivity contribution in [3.05, 3.63) is 0 Å². The Morgan fingerprint density at radius 2 is 1.92 bits per heavy atom. The minimum absolute atomic E-state index is 0.00284. The van der Waals surface area contributed by atoms with Gasteiger partial charge >= 0.3 is 0 Å². The minimum Gasteiger partial charge on any atom is -0.378 e. The van der Waals surface area contributed by atoms with E-state index in [2.05, 4.69) is 11.4 Å². The summed E-state index contributed by atoms with van der Waals surface area (Å²) >= 11 is 1.63. The fourth-order valence-electron chi connectivity index (χ4n) is 3.72. The number of hydrogen-bond donors (Lipinski definition) is 1. The molecule has 25 heavy (non-hydrogen) atoms. The Labute approximate surface area is 153 Å². The lowest BCUT2D eigenvalue weighted by atomic mass is 9.85. The zero-order valence-electron chi connectivity index (χ0n) is 14.5. The normalized spacial score (nSPS) is 30.1. The van der Waals surface area contributed by atoms with Crippen LogP contribution in [0.15, 0.2) is 0 Å². The predicted molar refractivity (Wildman–Crippen MR) is 94.7 cm³/mol. The van der Waals surface area contributed by atoms with Gasteiger partial charge in [0.1, 0.15) is 6.04 Å². The smallest absolute Gasteiger partial charge is 0.238 e. The predicted octanol–water partition coefficient (Wildman–Crippen LogP) is 0.419. The summed E-state index contributed by atoms with van der Waals surface area (Å²) in [6.45, 7) is 2.98. The first-order chi connectivity index (χ1) is 12.2. The second-order valence-electron chi connectivity index (χ2n) is 6.88. The van der Waals surface area contributed by atoms with Gasteiger partial charge in [-0.15, -0.1) is 11.8 Å². The molecule has 2 amide bonds. The molecule has 0 aromatic rings. The van der Waals surface area contributed by atoms with E-state index in [4.69, 9.17) is 10.00 Å². The Hall–Kier alpha value is -1.30. The second kappa shape index (κ2) is 8.88. The number of ether oxygens (including phenoxy) is 1. The highest BCUT2D eigenvalue weighted by Gasteiger charge is 2.32. The maximum Gasteiger partial charge on any atom is 0.238 e. The zero-order valence-corrected chi connectivity index (χ0v) is 15.3. The Bertz CT molecular complexity index is 524. The van der Waals surface area contributed by atoms with Crippen LogP contribution < -0.4 is 5.32 Å². The highest BCUT2D eigenvalue weighted by molar-refractivity contribution is 7.99. The Balaban J connectivity index is 1.38. The van der Waals surface area contributed by atoms with Crippen LogP contribution in [0, 0.1) is 17.2 Å². The van der Waals surface area contributed by atoms with Crippen LogP contribution in [0.2, 0.25) is 0 Å². The van der Waals surface area contributed by atoms with Crippen molar-refractivity contribution >= 4 is 23.6 Å². The van der Waals surface area contributed by atoms with Crippen LogP contribution in [0.3, 0.4) is 0 Å². The van der Waals surface area contributed by atoms with Gasteiger partial charge in [0.15, 0.2) is 0 Å². The first kappa shape index (κ1) is 18.5. The fraction of sp³-hybridized carbons (Fsp3) is 0.824. The van der Waals surface area contributed by atoms with Crippen LogP contribution in [-0.2, 0) is 14.3 Å². The van der Waals surface area contributed by atoms with Crippen molar-refractivity contribution in [1.82, 2.24) is 15.1 Å². The van der Waals surface area contributed by atoms with Crippen molar-refractivity contribution in [2.45, 2.75) is 37.8 Å². The second-order valence-corrected chi connectivity index (χ2v) is 7.88. The summed E-state index contributed by atoms with van der Waals surface area (Å²) < 4.78 is 5.31. The molecular weight excluding hydrogens is 340 g/mol. The third-order valence-electron chi connectivity index (χ3n) is 5.29. The molecule has 2 heterocycles. The maximum atomic E-state index is 12.5. The SMILES string of the molecule is N#C[C@@H]1CSCN1C(=O)CNC1CCC(C(=O)N2CCOCC2)CC1. The number of nitriles is 1. The molecule has 0 radical (unpaired) electrons. The van der Waals surface area contributed by atoms with E-state index in [0.29, 0.717) is 37.9 Å². The number of rotatable bonds is 4. The number of carbonyl (C=O) groups is 2. The average Bonchev–Trinajstić information content (AvgIpc) is 3.15. The van der Waals surface area contributed by atoms with Gasteiger partial charge in [-0.1, -0.05) is 0 Å². The van der Waals surface area contributed by atoms with Gasteiger partial charge in [0, 0.05) is 30.8 Å². The molecule has 1 atom stereocenters. The van der Waals surface area contributed by atoms with Gasteiger partial charge in [0.05, 0.1) is 31.7 Å². The first-order valence-corrected chi connectivity index (χ1v) is 10.2. The Morgan fingerprint density at radius 1 is 1.20 bits per heavy atom. The van der Waals surface area contributed by atoms with Crippen LogP contribution >= 0.6 is 11.8 Å². The van der Waals surface area contributed by atoms with Gasteiger partial charge in [0.2, 0.25) is 11.8 Å². The Kier molecular flexibility index (Phi) is 6.57. The summed E-state index contributed by atoms with van der Waals surface area (Å²) in [5, 5.41) is 12.4. The molecular formula is C17H26N4O3S. The third-order valence-corrected chi connectivity index (χ3v) is 6.31. The fourth-order valence-corrected chi connectivity index (χ4v) is 4.82.